The van der Waals surface area contributed by atoms with Crippen LogP contribution in [0.4, 0.5) is 10.8 Å². The number of nitrogens with zero attached hydrogens (tertiary/aromatic N) is 3. The zero-order valence-electron chi connectivity index (χ0n) is 17.1. The number of hydrogen-bond donors (Lipinski definition) is 1. The molecule has 0 fully saturated rings. The average molecular weight is 439 g/mol. The molecule has 6 nitrogen and oxygen atoms in total. The van der Waals surface area contributed by atoms with Gasteiger partial charge in [-0.2, -0.15) is 5.10 Å². The van der Waals surface area contributed by atoms with E-state index in [0.717, 1.165) is 22.5 Å². The van der Waals surface area contributed by atoms with Gasteiger partial charge in [-0.3, -0.25) is 15.0 Å². The molecule has 0 unspecified atom stereocenters. The highest BCUT2D eigenvalue weighted by Gasteiger charge is 2.36. The van der Waals surface area contributed by atoms with Crippen LogP contribution in [0.1, 0.15) is 33.2 Å². The van der Waals surface area contributed by atoms with Crippen LogP contribution in [0.5, 0.6) is 0 Å². The molecule has 5 rings (SSSR count). The van der Waals surface area contributed by atoms with E-state index in [-0.39, 0.29) is 11.8 Å². The number of carbonyl (C=O) groups excluding carboxylic acids is 2. The Morgan fingerprint density at radius 3 is 2.16 bits per heavy atom. The first-order valence-corrected chi connectivity index (χ1v) is 10.9. The maximum Gasteiger partial charge on any atom is 0.266 e. The van der Waals surface area contributed by atoms with Crippen LogP contribution in [0, 0.1) is 0 Å². The fraction of sp³-hybridized carbons (Fsp3) is 0.0400. The average Bonchev–Trinajstić information content (AvgIpc) is 3.41. The Balaban J connectivity index is 1.30. The Morgan fingerprint density at radius 1 is 0.875 bits per heavy atom. The number of carbonyl (C=O) groups is 2. The number of nitrogens with one attached hydrogen (secondary N) is 1. The summed E-state index contributed by atoms with van der Waals surface area (Å²) in [4.78, 5) is 31.1. The van der Waals surface area contributed by atoms with Gasteiger partial charge in [0.1, 0.15) is 0 Å². The predicted molar refractivity (Wildman–Crippen MR) is 127 cm³/mol. The number of amides is 2. The zero-order valence-corrected chi connectivity index (χ0v) is 18.0. The number of thiazole rings is 1. The molecule has 0 saturated carbocycles. The minimum atomic E-state index is -0.302. The number of imide groups is 1. The Labute approximate surface area is 188 Å². The van der Waals surface area contributed by atoms with E-state index in [1.165, 1.54) is 16.2 Å². The van der Waals surface area contributed by atoms with Crippen molar-refractivity contribution in [2.75, 3.05) is 10.3 Å². The van der Waals surface area contributed by atoms with E-state index in [2.05, 4.69) is 15.5 Å². The quantitative estimate of drug-likeness (QED) is 0.256. The lowest BCUT2D eigenvalue weighted by Crippen LogP contribution is -2.29. The van der Waals surface area contributed by atoms with E-state index in [1.54, 1.807) is 36.4 Å². The molecule has 0 radical (unpaired) electrons. The Bertz CT molecular complexity index is 1310. The number of rotatable bonds is 5. The van der Waals surface area contributed by atoms with Gasteiger partial charge in [0.2, 0.25) is 5.13 Å². The molecule has 1 aliphatic rings. The van der Waals surface area contributed by atoms with Gasteiger partial charge in [0, 0.05) is 10.9 Å². The first-order chi connectivity index (χ1) is 15.6. The van der Waals surface area contributed by atoms with E-state index < -0.39 is 0 Å². The first kappa shape index (κ1) is 19.8. The fourth-order valence-electron chi connectivity index (χ4n) is 3.54. The maximum absolute atomic E-state index is 12.7. The normalized spacial score (nSPS) is 13.4. The molecule has 4 aromatic rings. The fourth-order valence-corrected chi connectivity index (χ4v) is 4.20. The Hall–Kier alpha value is -4.10. The van der Waals surface area contributed by atoms with Crippen molar-refractivity contribution in [1.82, 2.24) is 4.98 Å². The largest absolute Gasteiger partial charge is 0.268 e. The molecule has 0 atom stereocenters. The molecule has 7 heteroatoms. The SMILES string of the molecule is CC(=NNc1nc(-c2ccccc2)cs1)c1ccc(N2C(=O)c3ccccc3C2=O)cc1. The van der Waals surface area contributed by atoms with Crippen molar-refractivity contribution in [2.45, 2.75) is 6.92 Å². The summed E-state index contributed by atoms with van der Waals surface area (Å²) in [6, 6.07) is 24.0. The molecule has 32 heavy (non-hydrogen) atoms. The third kappa shape index (κ3) is 3.59. The van der Waals surface area contributed by atoms with Crippen molar-refractivity contribution in [1.29, 1.82) is 0 Å². The molecule has 2 amide bonds. The summed E-state index contributed by atoms with van der Waals surface area (Å²) in [6.07, 6.45) is 0. The minimum Gasteiger partial charge on any atom is -0.268 e. The number of hydrogen-bond acceptors (Lipinski definition) is 6. The first-order valence-electron chi connectivity index (χ1n) is 10.0. The van der Waals surface area contributed by atoms with Gasteiger partial charge in [-0.1, -0.05) is 54.6 Å². The summed E-state index contributed by atoms with van der Waals surface area (Å²) in [5.41, 5.74) is 7.99. The molecule has 0 aliphatic carbocycles. The van der Waals surface area contributed by atoms with Gasteiger partial charge in [0.15, 0.2) is 0 Å². The Kier molecular flexibility index (Phi) is 5.09. The van der Waals surface area contributed by atoms with Gasteiger partial charge < -0.3 is 0 Å². The van der Waals surface area contributed by atoms with Gasteiger partial charge in [0.05, 0.1) is 28.2 Å². The highest BCUT2D eigenvalue weighted by atomic mass is 32.1. The van der Waals surface area contributed by atoms with Crippen LogP contribution in [0.25, 0.3) is 11.3 Å². The smallest absolute Gasteiger partial charge is 0.266 e. The highest BCUT2D eigenvalue weighted by Crippen LogP contribution is 2.28. The van der Waals surface area contributed by atoms with Crippen LogP contribution in [-0.4, -0.2) is 22.5 Å². The summed E-state index contributed by atoms with van der Waals surface area (Å²) >= 11 is 1.48. The molecule has 2 heterocycles. The van der Waals surface area contributed by atoms with Crippen molar-refractivity contribution < 1.29 is 9.59 Å². The molecule has 0 saturated heterocycles. The van der Waals surface area contributed by atoms with E-state index in [4.69, 9.17) is 0 Å². The lowest BCUT2D eigenvalue weighted by atomic mass is 10.1. The van der Waals surface area contributed by atoms with Crippen LogP contribution < -0.4 is 10.3 Å². The van der Waals surface area contributed by atoms with Crippen LogP contribution >= 0.6 is 11.3 Å². The van der Waals surface area contributed by atoms with Crippen LogP contribution in [-0.2, 0) is 0 Å². The van der Waals surface area contributed by atoms with E-state index in [9.17, 15) is 9.59 Å². The molecule has 1 aromatic heterocycles. The number of fused-ring (bicyclic) bond motifs is 1. The van der Waals surface area contributed by atoms with Gasteiger partial charge >= 0.3 is 0 Å². The molecular formula is C25H18N4O2S. The second-order valence-electron chi connectivity index (χ2n) is 7.25. The highest BCUT2D eigenvalue weighted by molar-refractivity contribution is 7.14. The minimum absolute atomic E-state index is 0.302. The number of benzene rings is 3. The molecular weight excluding hydrogens is 420 g/mol. The summed E-state index contributed by atoms with van der Waals surface area (Å²) < 4.78 is 0. The standard InChI is InChI=1S/C25H18N4O2S/c1-16(27-28-25-26-22(15-32-25)18-7-3-2-4-8-18)17-11-13-19(14-12-17)29-23(30)20-9-5-6-10-21(20)24(29)31/h2-15H,1H3,(H,26,28). The van der Waals surface area contributed by atoms with Crippen LogP contribution in [0.2, 0.25) is 0 Å². The van der Waals surface area contributed by atoms with Crippen molar-refractivity contribution in [2.24, 2.45) is 5.10 Å². The van der Waals surface area contributed by atoms with Crippen LogP contribution in [0.15, 0.2) is 89.3 Å². The molecule has 1 aliphatic heterocycles. The van der Waals surface area contributed by atoms with E-state index >= 15 is 0 Å². The molecule has 0 bridgehead atoms. The van der Waals surface area contributed by atoms with Gasteiger partial charge in [-0.15, -0.1) is 11.3 Å². The third-order valence-corrected chi connectivity index (χ3v) is 5.98. The summed E-state index contributed by atoms with van der Waals surface area (Å²) in [7, 11) is 0. The lowest BCUT2D eigenvalue weighted by molar-refractivity contribution is 0.0926. The second-order valence-corrected chi connectivity index (χ2v) is 8.11. The van der Waals surface area contributed by atoms with Crippen LogP contribution in [0.3, 0.4) is 0 Å². The van der Waals surface area contributed by atoms with Gasteiger partial charge in [0.25, 0.3) is 11.8 Å². The summed E-state index contributed by atoms with van der Waals surface area (Å²) in [5, 5.41) is 7.11. The number of aromatic nitrogens is 1. The number of hydrazone groups is 1. The zero-order chi connectivity index (χ0) is 22.1. The summed E-state index contributed by atoms with van der Waals surface area (Å²) in [6.45, 7) is 1.88. The van der Waals surface area contributed by atoms with Crippen molar-refractivity contribution >= 4 is 39.7 Å². The molecule has 0 spiro atoms. The number of anilines is 2. The Morgan fingerprint density at radius 2 is 1.50 bits per heavy atom. The molecule has 156 valence electrons. The lowest BCUT2D eigenvalue weighted by Gasteiger charge is -2.14. The third-order valence-electron chi connectivity index (χ3n) is 5.23. The molecule has 1 N–H and O–H groups in total. The van der Waals surface area contributed by atoms with E-state index in [0.29, 0.717) is 21.9 Å². The predicted octanol–water partition coefficient (Wildman–Crippen LogP) is 5.45. The van der Waals surface area contributed by atoms with Gasteiger partial charge in [-0.05, 0) is 36.8 Å². The summed E-state index contributed by atoms with van der Waals surface area (Å²) in [5.74, 6) is -0.605. The van der Waals surface area contributed by atoms with Crippen molar-refractivity contribution in [3.63, 3.8) is 0 Å². The monoisotopic (exact) mass is 438 g/mol. The van der Waals surface area contributed by atoms with Crippen molar-refractivity contribution in [3.05, 3.63) is 101 Å². The molecule has 3 aromatic carbocycles. The maximum atomic E-state index is 12.7. The van der Waals surface area contributed by atoms with Crippen molar-refractivity contribution in [3.8, 4) is 11.3 Å². The second kappa shape index (κ2) is 8.20. The topological polar surface area (TPSA) is 74.7 Å². The van der Waals surface area contributed by atoms with E-state index in [1.807, 2.05) is 54.8 Å². The van der Waals surface area contributed by atoms with Gasteiger partial charge in [-0.25, -0.2) is 9.88 Å².